The molecule has 2 N–H and O–H groups in total. The summed E-state index contributed by atoms with van der Waals surface area (Å²) in [5.41, 5.74) is 0.708. The molecular formula is C19H31N3O3. The van der Waals surface area contributed by atoms with Crippen LogP contribution in [-0.4, -0.2) is 36.2 Å². The van der Waals surface area contributed by atoms with Crippen molar-refractivity contribution in [3.63, 3.8) is 0 Å². The summed E-state index contributed by atoms with van der Waals surface area (Å²) in [6.45, 7) is 8.35. The van der Waals surface area contributed by atoms with Crippen LogP contribution in [0.25, 0.3) is 0 Å². The van der Waals surface area contributed by atoms with Gasteiger partial charge >= 0.3 is 0 Å². The van der Waals surface area contributed by atoms with Crippen LogP contribution in [0, 0.1) is 11.3 Å². The third-order valence-corrected chi connectivity index (χ3v) is 4.72. The van der Waals surface area contributed by atoms with Gasteiger partial charge in [0.25, 0.3) is 0 Å². The summed E-state index contributed by atoms with van der Waals surface area (Å²) < 4.78 is 19.6. The number of rotatable bonds is 10. The molecule has 1 aliphatic rings. The average Bonchev–Trinajstić information content (AvgIpc) is 3.11. The quantitative estimate of drug-likeness (QED) is 0.518. The second kappa shape index (κ2) is 9.23. The lowest BCUT2D eigenvalue weighted by atomic mass is 9.93. The van der Waals surface area contributed by atoms with E-state index in [2.05, 4.69) is 26.8 Å². The summed E-state index contributed by atoms with van der Waals surface area (Å²) in [4.78, 5) is 0. The second-order valence-corrected chi connectivity index (χ2v) is 6.91. The van der Waals surface area contributed by atoms with Crippen LogP contribution in [0.3, 0.4) is 0 Å². The Labute approximate surface area is 150 Å². The Morgan fingerprint density at radius 2 is 2.04 bits per heavy atom. The SMILES string of the molecule is CCCCOC[C@@H]1C[C@@](C)(OCCCC)C(c2ccc(C#N)n2N)O1. The first-order valence-electron chi connectivity index (χ1n) is 9.29. The zero-order valence-electron chi connectivity index (χ0n) is 15.7. The van der Waals surface area contributed by atoms with Crippen LogP contribution in [0.15, 0.2) is 12.1 Å². The maximum Gasteiger partial charge on any atom is 0.139 e. The van der Waals surface area contributed by atoms with Crippen molar-refractivity contribution in [2.24, 2.45) is 0 Å². The third kappa shape index (κ3) is 4.75. The Hall–Kier alpha value is -1.55. The van der Waals surface area contributed by atoms with Crippen molar-refractivity contribution in [1.82, 2.24) is 4.68 Å². The van der Waals surface area contributed by atoms with Gasteiger partial charge in [0.1, 0.15) is 17.9 Å². The molecule has 2 heterocycles. The minimum Gasteiger partial charge on any atom is -0.379 e. The standard InChI is InChI=1S/C19H31N3O3/c1-4-6-10-23-14-16-12-19(3,24-11-7-5-2)18(25-16)17-9-8-15(13-20)22(17)21/h8-9,16,18H,4-7,10-12,14,21H2,1-3H3/t16-,18?,19+/m0/s1. The summed E-state index contributed by atoms with van der Waals surface area (Å²) in [6, 6.07) is 5.67. The zero-order chi connectivity index (χ0) is 18.3. The number of hydrogen-bond donors (Lipinski definition) is 1. The van der Waals surface area contributed by atoms with Gasteiger partial charge in [0.05, 0.1) is 24.0 Å². The number of nitriles is 1. The van der Waals surface area contributed by atoms with Gasteiger partial charge in [-0.15, -0.1) is 0 Å². The smallest absolute Gasteiger partial charge is 0.139 e. The molecule has 25 heavy (non-hydrogen) atoms. The fraction of sp³-hybridized carbons (Fsp3) is 0.737. The molecule has 1 aromatic rings. The van der Waals surface area contributed by atoms with Crippen LogP contribution in [0.1, 0.15) is 70.4 Å². The van der Waals surface area contributed by atoms with Gasteiger partial charge in [-0.25, -0.2) is 0 Å². The van der Waals surface area contributed by atoms with Crippen LogP contribution in [0.4, 0.5) is 0 Å². The zero-order valence-corrected chi connectivity index (χ0v) is 15.7. The Balaban J connectivity index is 2.11. The van der Waals surface area contributed by atoms with Gasteiger partial charge in [-0.2, -0.15) is 5.26 Å². The molecular weight excluding hydrogens is 318 g/mol. The number of nitrogens with two attached hydrogens (primary N) is 1. The number of nitrogen functional groups attached to an aromatic ring is 1. The number of unbranched alkanes of at least 4 members (excludes halogenated alkanes) is 2. The van der Waals surface area contributed by atoms with Crippen molar-refractivity contribution in [3.05, 3.63) is 23.5 Å². The lowest BCUT2D eigenvalue weighted by molar-refractivity contribution is -0.0934. The molecule has 0 bridgehead atoms. The molecule has 1 fully saturated rings. The van der Waals surface area contributed by atoms with E-state index in [9.17, 15) is 0 Å². The fourth-order valence-corrected chi connectivity index (χ4v) is 3.24. The Morgan fingerprint density at radius 3 is 2.68 bits per heavy atom. The topological polar surface area (TPSA) is 82.4 Å². The van der Waals surface area contributed by atoms with E-state index in [1.165, 1.54) is 4.68 Å². The summed E-state index contributed by atoms with van der Waals surface area (Å²) in [5.74, 6) is 6.08. The molecule has 1 aliphatic heterocycles. The summed E-state index contributed by atoms with van der Waals surface area (Å²) in [5, 5.41) is 9.15. The average molecular weight is 349 g/mol. The van der Waals surface area contributed by atoms with Crippen molar-refractivity contribution in [1.29, 1.82) is 5.26 Å². The van der Waals surface area contributed by atoms with E-state index in [0.29, 0.717) is 18.9 Å². The predicted molar refractivity (Wildman–Crippen MR) is 96.5 cm³/mol. The number of nitrogens with zero attached hydrogens (tertiary/aromatic N) is 2. The van der Waals surface area contributed by atoms with Gasteiger partial charge in [-0.3, -0.25) is 4.68 Å². The first-order chi connectivity index (χ1) is 12.1. The molecule has 6 nitrogen and oxygen atoms in total. The summed E-state index contributed by atoms with van der Waals surface area (Å²) in [6.07, 6.45) is 4.66. The largest absolute Gasteiger partial charge is 0.379 e. The van der Waals surface area contributed by atoms with E-state index in [0.717, 1.165) is 44.4 Å². The maximum absolute atomic E-state index is 9.15. The Morgan fingerprint density at radius 1 is 1.32 bits per heavy atom. The maximum atomic E-state index is 9.15. The van der Waals surface area contributed by atoms with E-state index in [4.69, 9.17) is 25.3 Å². The van der Waals surface area contributed by atoms with Crippen LogP contribution >= 0.6 is 0 Å². The highest BCUT2D eigenvalue weighted by atomic mass is 16.6. The van der Waals surface area contributed by atoms with Gasteiger partial charge in [-0.1, -0.05) is 26.7 Å². The van der Waals surface area contributed by atoms with Crippen LogP contribution in [-0.2, 0) is 14.2 Å². The van der Waals surface area contributed by atoms with Gasteiger partial charge in [0.2, 0.25) is 0 Å². The molecule has 0 aliphatic carbocycles. The molecule has 0 spiro atoms. The molecule has 140 valence electrons. The number of hydrogen-bond acceptors (Lipinski definition) is 5. The molecule has 0 aromatic carbocycles. The highest BCUT2D eigenvalue weighted by molar-refractivity contribution is 5.30. The van der Waals surface area contributed by atoms with E-state index in [1.807, 2.05) is 6.07 Å². The van der Waals surface area contributed by atoms with Crippen LogP contribution in [0.2, 0.25) is 0 Å². The highest BCUT2D eigenvalue weighted by Crippen LogP contribution is 2.44. The fourth-order valence-electron chi connectivity index (χ4n) is 3.24. The molecule has 6 heteroatoms. The molecule has 1 saturated heterocycles. The Bertz CT molecular complexity index is 581. The predicted octanol–water partition coefficient (Wildman–Crippen LogP) is 3.30. The molecule has 0 radical (unpaired) electrons. The van der Waals surface area contributed by atoms with E-state index in [1.54, 1.807) is 6.07 Å². The van der Waals surface area contributed by atoms with E-state index >= 15 is 0 Å². The highest BCUT2D eigenvalue weighted by Gasteiger charge is 2.48. The van der Waals surface area contributed by atoms with E-state index in [-0.39, 0.29) is 12.2 Å². The first kappa shape index (κ1) is 19.8. The van der Waals surface area contributed by atoms with Gasteiger partial charge < -0.3 is 20.1 Å². The number of aromatic nitrogens is 1. The molecule has 3 atom stereocenters. The van der Waals surface area contributed by atoms with Crippen LogP contribution in [0.5, 0.6) is 0 Å². The van der Waals surface area contributed by atoms with Crippen molar-refractivity contribution < 1.29 is 14.2 Å². The minimum atomic E-state index is -0.476. The van der Waals surface area contributed by atoms with Crippen molar-refractivity contribution in [3.8, 4) is 6.07 Å². The first-order valence-corrected chi connectivity index (χ1v) is 9.29. The molecule has 0 saturated carbocycles. The number of ether oxygens (including phenoxy) is 3. The van der Waals surface area contributed by atoms with Crippen molar-refractivity contribution in [2.75, 3.05) is 25.7 Å². The van der Waals surface area contributed by atoms with E-state index < -0.39 is 5.60 Å². The summed E-state index contributed by atoms with van der Waals surface area (Å²) in [7, 11) is 0. The normalized spacial score (nSPS) is 26.0. The monoisotopic (exact) mass is 349 g/mol. The molecule has 1 aromatic heterocycles. The lowest BCUT2D eigenvalue weighted by Crippen LogP contribution is -2.35. The molecule has 0 amide bonds. The van der Waals surface area contributed by atoms with Crippen LogP contribution < -0.4 is 5.84 Å². The lowest BCUT2D eigenvalue weighted by Gasteiger charge is -2.30. The van der Waals surface area contributed by atoms with Gasteiger partial charge in [-0.05, 0) is 31.9 Å². The molecule has 2 rings (SSSR count). The summed E-state index contributed by atoms with van der Waals surface area (Å²) >= 11 is 0. The molecule has 1 unspecified atom stereocenters. The van der Waals surface area contributed by atoms with Crippen molar-refractivity contribution >= 4 is 0 Å². The second-order valence-electron chi connectivity index (χ2n) is 6.91. The third-order valence-electron chi connectivity index (χ3n) is 4.72. The minimum absolute atomic E-state index is 0.0334. The van der Waals surface area contributed by atoms with Gasteiger partial charge in [0.15, 0.2) is 0 Å². The van der Waals surface area contributed by atoms with Crippen molar-refractivity contribution in [2.45, 2.75) is 70.7 Å². The Kier molecular flexibility index (Phi) is 7.30. The van der Waals surface area contributed by atoms with Gasteiger partial charge in [0, 0.05) is 19.6 Å².